The Labute approximate surface area is 112 Å². The molecule has 0 aliphatic rings. The maximum absolute atomic E-state index is 8.78. The molecule has 96 valence electrons. The summed E-state index contributed by atoms with van der Waals surface area (Å²) in [6.07, 6.45) is 4.13. The van der Waals surface area contributed by atoms with Crippen molar-refractivity contribution in [2.45, 2.75) is 6.42 Å². The zero-order chi connectivity index (χ0) is 13.7. The van der Waals surface area contributed by atoms with Crippen LogP contribution in [0, 0.1) is 11.3 Å². The molecule has 2 N–H and O–H groups in total. The van der Waals surface area contributed by atoms with E-state index in [4.69, 9.17) is 11.0 Å². The fraction of sp³-hybridized carbons (Fsp3) is 0.214. The van der Waals surface area contributed by atoms with Gasteiger partial charge in [-0.1, -0.05) is 6.07 Å². The molecule has 0 unspecified atom stereocenters. The summed E-state index contributed by atoms with van der Waals surface area (Å²) in [4.78, 5) is 10.5. The zero-order valence-electron chi connectivity index (χ0n) is 10.7. The molecule has 0 bridgehead atoms. The number of nitrogen functional groups attached to an aromatic ring is 1. The van der Waals surface area contributed by atoms with E-state index in [-0.39, 0.29) is 0 Å². The predicted molar refractivity (Wildman–Crippen MR) is 74.6 cm³/mol. The average Bonchev–Trinajstić information content (AvgIpc) is 2.45. The van der Waals surface area contributed by atoms with E-state index < -0.39 is 0 Å². The predicted octanol–water partition coefficient (Wildman–Crippen LogP) is 1.61. The minimum Gasteiger partial charge on any atom is -0.396 e. The molecule has 0 saturated carbocycles. The highest BCUT2D eigenvalue weighted by Crippen LogP contribution is 2.19. The third-order valence-electron chi connectivity index (χ3n) is 2.82. The van der Waals surface area contributed by atoms with E-state index in [9.17, 15) is 0 Å². The first-order valence-electron chi connectivity index (χ1n) is 5.97. The summed E-state index contributed by atoms with van der Waals surface area (Å²) in [6.45, 7) is 0.764. The Hall–Kier alpha value is -2.61. The maximum atomic E-state index is 8.78. The van der Waals surface area contributed by atoms with Crippen molar-refractivity contribution in [1.29, 1.82) is 5.26 Å². The summed E-state index contributed by atoms with van der Waals surface area (Å²) in [6, 6.07) is 9.51. The average molecular weight is 253 g/mol. The van der Waals surface area contributed by atoms with Crippen LogP contribution in [0.4, 0.5) is 11.5 Å². The van der Waals surface area contributed by atoms with Crippen LogP contribution < -0.4 is 10.6 Å². The highest BCUT2D eigenvalue weighted by Gasteiger charge is 2.08. The summed E-state index contributed by atoms with van der Waals surface area (Å²) in [5.41, 5.74) is 7.91. The largest absolute Gasteiger partial charge is 0.396 e. The van der Waals surface area contributed by atoms with Crippen molar-refractivity contribution in [2.24, 2.45) is 0 Å². The van der Waals surface area contributed by atoms with Gasteiger partial charge in [0.1, 0.15) is 6.07 Å². The van der Waals surface area contributed by atoms with Gasteiger partial charge in [0.15, 0.2) is 5.82 Å². The number of nitrogens with zero attached hydrogens (tertiary/aromatic N) is 4. The topological polar surface area (TPSA) is 78.8 Å². The lowest BCUT2D eigenvalue weighted by Crippen LogP contribution is -2.22. The first-order chi connectivity index (χ1) is 9.20. The van der Waals surface area contributed by atoms with E-state index in [1.165, 1.54) is 6.20 Å². The van der Waals surface area contributed by atoms with Gasteiger partial charge in [-0.2, -0.15) is 5.26 Å². The third kappa shape index (κ3) is 3.19. The number of hydrogen-bond acceptors (Lipinski definition) is 5. The monoisotopic (exact) mass is 253 g/mol. The Morgan fingerprint density at radius 1 is 1.37 bits per heavy atom. The normalized spacial score (nSPS) is 9.89. The first-order valence-corrected chi connectivity index (χ1v) is 5.97. The maximum Gasteiger partial charge on any atom is 0.151 e. The Morgan fingerprint density at radius 3 is 2.84 bits per heavy atom. The van der Waals surface area contributed by atoms with Crippen LogP contribution in [-0.4, -0.2) is 23.6 Å². The summed E-state index contributed by atoms with van der Waals surface area (Å²) in [7, 11) is 1.92. The summed E-state index contributed by atoms with van der Waals surface area (Å²) in [5, 5.41) is 8.78. The molecule has 2 rings (SSSR count). The quantitative estimate of drug-likeness (QED) is 0.895. The number of anilines is 2. The lowest BCUT2D eigenvalue weighted by atomic mass is 10.2. The standard InChI is InChI=1S/C14H15N5/c1-19(7-5-12-4-2-3-6-17-12)14-13(16)8-11(9-15)10-18-14/h2-4,6,8,10H,5,7,16H2,1H3. The Kier molecular flexibility index (Phi) is 3.94. The fourth-order valence-electron chi connectivity index (χ4n) is 1.79. The molecule has 0 saturated heterocycles. The number of nitrogens with two attached hydrogens (primary N) is 1. The van der Waals surface area contributed by atoms with Crippen LogP contribution in [0.25, 0.3) is 0 Å². The number of rotatable bonds is 4. The van der Waals surface area contributed by atoms with Gasteiger partial charge >= 0.3 is 0 Å². The van der Waals surface area contributed by atoms with E-state index >= 15 is 0 Å². The van der Waals surface area contributed by atoms with Gasteiger partial charge < -0.3 is 10.6 Å². The van der Waals surface area contributed by atoms with Gasteiger partial charge in [0.2, 0.25) is 0 Å². The van der Waals surface area contributed by atoms with Crippen molar-refractivity contribution in [3.05, 3.63) is 47.9 Å². The van der Waals surface area contributed by atoms with Crippen LogP contribution in [0.1, 0.15) is 11.3 Å². The van der Waals surface area contributed by atoms with Gasteiger partial charge in [-0.3, -0.25) is 4.98 Å². The molecule has 5 heteroatoms. The lowest BCUT2D eigenvalue weighted by molar-refractivity contribution is 0.840. The van der Waals surface area contributed by atoms with Gasteiger partial charge in [0.05, 0.1) is 11.3 Å². The SMILES string of the molecule is CN(CCc1ccccn1)c1ncc(C#N)cc1N. The minimum atomic E-state index is 0.472. The van der Waals surface area contributed by atoms with E-state index in [1.807, 2.05) is 36.2 Å². The van der Waals surface area contributed by atoms with Gasteiger partial charge in [0.25, 0.3) is 0 Å². The second kappa shape index (κ2) is 5.83. The van der Waals surface area contributed by atoms with Crippen LogP contribution in [0.15, 0.2) is 36.7 Å². The van der Waals surface area contributed by atoms with Crippen LogP contribution >= 0.6 is 0 Å². The van der Waals surface area contributed by atoms with Gasteiger partial charge in [-0.25, -0.2) is 4.98 Å². The molecule has 0 aromatic carbocycles. The molecular formula is C14H15N5. The Morgan fingerprint density at radius 2 is 2.21 bits per heavy atom. The Bertz CT molecular complexity index is 589. The van der Waals surface area contributed by atoms with Crippen LogP contribution in [0.5, 0.6) is 0 Å². The van der Waals surface area contributed by atoms with Crippen molar-refractivity contribution in [2.75, 3.05) is 24.2 Å². The molecule has 0 spiro atoms. The molecule has 0 atom stereocenters. The van der Waals surface area contributed by atoms with Crippen LogP contribution in [-0.2, 0) is 6.42 Å². The molecule has 0 radical (unpaired) electrons. The van der Waals surface area contributed by atoms with Crippen molar-refractivity contribution >= 4 is 11.5 Å². The lowest BCUT2D eigenvalue weighted by Gasteiger charge is -2.19. The number of hydrogen-bond donors (Lipinski definition) is 1. The van der Waals surface area contributed by atoms with E-state index in [1.54, 1.807) is 12.3 Å². The van der Waals surface area contributed by atoms with E-state index in [0.29, 0.717) is 17.1 Å². The molecule has 2 aromatic rings. The van der Waals surface area contributed by atoms with Crippen LogP contribution in [0.3, 0.4) is 0 Å². The molecule has 0 amide bonds. The van der Waals surface area contributed by atoms with E-state index in [0.717, 1.165) is 18.7 Å². The molecule has 0 aliphatic carbocycles. The second-order valence-electron chi connectivity index (χ2n) is 4.24. The van der Waals surface area contributed by atoms with Crippen molar-refractivity contribution in [3.63, 3.8) is 0 Å². The molecule has 2 heterocycles. The van der Waals surface area contributed by atoms with Crippen molar-refractivity contribution in [3.8, 4) is 6.07 Å². The number of nitriles is 1. The van der Waals surface area contributed by atoms with Gasteiger partial charge in [-0.15, -0.1) is 0 Å². The van der Waals surface area contributed by atoms with Gasteiger partial charge in [-0.05, 0) is 18.2 Å². The minimum absolute atomic E-state index is 0.472. The Balaban J connectivity index is 2.04. The smallest absolute Gasteiger partial charge is 0.151 e. The fourth-order valence-corrected chi connectivity index (χ4v) is 1.79. The molecular weight excluding hydrogens is 238 g/mol. The highest BCUT2D eigenvalue weighted by atomic mass is 15.2. The molecule has 0 aliphatic heterocycles. The summed E-state index contributed by atoms with van der Waals surface area (Å²) < 4.78 is 0. The third-order valence-corrected chi connectivity index (χ3v) is 2.82. The summed E-state index contributed by atoms with van der Waals surface area (Å²) in [5.74, 6) is 0.690. The van der Waals surface area contributed by atoms with Gasteiger partial charge in [0, 0.05) is 38.1 Å². The number of pyridine rings is 2. The summed E-state index contributed by atoms with van der Waals surface area (Å²) >= 11 is 0. The second-order valence-corrected chi connectivity index (χ2v) is 4.24. The molecule has 19 heavy (non-hydrogen) atoms. The van der Waals surface area contributed by atoms with E-state index in [2.05, 4.69) is 9.97 Å². The molecule has 5 nitrogen and oxygen atoms in total. The first kappa shape index (κ1) is 12.8. The van der Waals surface area contributed by atoms with Crippen molar-refractivity contribution < 1.29 is 0 Å². The van der Waals surface area contributed by atoms with Crippen LogP contribution in [0.2, 0.25) is 0 Å². The number of likely N-dealkylation sites (N-methyl/N-ethyl adjacent to an activating group) is 1. The number of aromatic nitrogens is 2. The molecule has 2 aromatic heterocycles. The van der Waals surface area contributed by atoms with Crippen molar-refractivity contribution in [1.82, 2.24) is 9.97 Å². The highest BCUT2D eigenvalue weighted by molar-refractivity contribution is 5.64. The molecule has 0 fully saturated rings. The zero-order valence-corrected chi connectivity index (χ0v) is 10.7.